The van der Waals surface area contributed by atoms with Gasteiger partial charge in [-0.2, -0.15) is 5.10 Å². The molecule has 7 rings (SSSR count). The summed E-state index contributed by atoms with van der Waals surface area (Å²) in [5.74, 6) is 2.92. The van der Waals surface area contributed by atoms with Crippen LogP contribution in [0, 0.1) is 17.8 Å². The molecule has 2 aromatic heterocycles. The molecule has 1 aromatic carbocycles. The van der Waals surface area contributed by atoms with E-state index in [1.54, 1.807) is 0 Å². The fraction of sp³-hybridized carbons (Fsp3) is 0.562. The second-order valence-corrected chi connectivity index (χ2v) is 19.9. The molecule has 7 nitrogen and oxygen atoms in total. The van der Waals surface area contributed by atoms with Crippen LogP contribution in [0.2, 0.25) is 18.1 Å². The molecular weight excluding hydrogens is 594 g/mol. The molecule has 4 aliphatic carbocycles. The Morgan fingerprint density at radius 1 is 1.22 bits per heavy atom. The van der Waals surface area contributed by atoms with Crippen LogP contribution in [-0.2, 0) is 6.42 Å². The van der Waals surface area contributed by atoms with Crippen molar-refractivity contribution in [3.8, 4) is 5.75 Å². The lowest BCUT2D eigenvalue weighted by Gasteiger charge is -2.58. The van der Waals surface area contributed by atoms with Crippen molar-refractivity contribution in [3.05, 3.63) is 52.3 Å². The minimum atomic E-state index is -1.95. The third-order valence-electron chi connectivity index (χ3n) is 10.3. The Morgan fingerprint density at radius 3 is 2.56 bits per heavy atom. The van der Waals surface area contributed by atoms with Crippen LogP contribution >= 0.6 is 15.9 Å². The van der Waals surface area contributed by atoms with Crippen LogP contribution in [0.4, 0.5) is 11.4 Å². The molecule has 2 heterocycles. The molecular formula is C32H44BrN5O2Si. The molecule has 2 atom stereocenters. The van der Waals surface area contributed by atoms with Crippen LogP contribution in [0.3, 0.4) is 0 Å². The summed E-state index contributed by atoms with van der Waals surface area (Å²) in [6.45, 7) is 13.4. The number of nitrogens with one attached hydrogen (secondary N) is 1. The zero-order valence-electron chi connectivity index (χ0n) is 25.2. The number of fused-ring (bicyclic) bond motifs is 1. The van der Waals surface area contributed by atoms with E-state index in [2.05, 4.69) is 79.3 Å². The molecule has 9 heteroatoms. The summed E-state index contributed by atoms with van der Waals surface area (Å²) in [7, 11) is -1.95. The van der Waals surface area contributed by atoms with Gasteiger partial charge in [-0.3, -0.25) is 0 Å². The van der Waals surface area contributed by atoms with E-state index in [9.17, 15) is 5.11 Å². The van der Waals surface area contributed by atoms with Crippen molar-refractivity contribution in [1.29, 1.82) is 0 Å². The van der Waals surface area contributed by atoms with Gasteiger partial charge in [0, 0.05) is 16.7 Å². The number of nitrogens with zero attached hydrogens (tertiary/aromatic N) is 3. The molecule has 0 amide bonds. The number of aliphatic hydroxyl groups is 1. The van der Waals surface area contributed by atoms with E-state index in [-0.39, 0.29) is 5.04 Å². The SMILES string of the molecule is CCc1cc(O[Si](C)(C)C(C)(C)C)ccc1N=C(N)c1cnn2cc(Br)cc2c1NC1C2CC3CC1CC(O)(C3)C2. The van der Waals surface area contributed by atoms with Gasteiger partial charge in [0.05, 0.1) is 34.3 Å². The van der Waals surface area contributed by atoms with Gasteiger partial charge in [-0.25, -0.2) is 9.51 Å². The Balaban J connectivity index is 1.35. The summed E-state index contributed by atoms with van der Waals surface area (Å²) in [5, 5.41) is 19.9. The van der Waals surface area contributed by atoms with Crippen molar-refractivity contribution in [2.45, 2.75) is 96.0 Å². The Bertz CT molecular complexity index is 1490. The van der Waals surface area contributed by atoms with Gasteiger partial charge in [-0.15, -0.1) is 0 Å². The molecule has 0 saturated heterocycles. The monoisotopic (exact) mass is 637 g/mol. The lowest BCUT2D eigenvalue weighted by molar-refractivity contribution is -0.129. The molecule has 41 heavy (non-hydrogen) atoms. The van der Waals surface area contributed by atoms with Crippen molar-refractivity contribution in [3.63, 3.8) is 0 Å². The van der Waals surface area contributed by atoms with Crippen molar-refractivity contribution in [2.75, 3.05) is 5.32 Å². The second-order valence-electron chi connectivity index (χ2n) is 14.3. The van der Waals surface area contributed by atoms with Crippen LogP contribution in [-0.4, -0.2) is 40.5 Å². The number of rotatable bonds is 7. The van der Waals surface area contributed by atoms with E-state index < -0.39 is 13.9 Å². The highest BCUT2D eigenvalue weighted by Crippen LogP contribution is 2.56. The second kappa shape index (κ2) is 10.1. The summed E-state index contributed by atoms with van der Waals surface area (Å²) in [4.78, 5) is 4.97. The van der Waals surface area contributed by atoms with Gasteiger partial charge in [-0.1, -0.05) is 27.7 Å². The molecule has 4 bridgehead atoms. The maximum Gasteiger partial charge on any atom is 0.250 e. The average molecular weight is 639 g/mol. The highest BCUT2D eigenvalue weighted by molar-refractivity contribution is 9.10. The Morgan fingerprint density at radius 2 is 1.93 bits per heavy atom. The Labute approximate surface area is 253 Å². The Hall–Kier alpha value is -2.36. The maximum atomic E-state index is 11.1. The average Bonchev–Trinajstić information content (AvgIpc) is 3.25. The number of aromatic nitrogens is 2. The van der Waals surface area contributed by atoms with E-state index >= 15 is 0 Å². The molecule has 0 radical (unpaired) electrons. The molecule has 2 unspecified atom stereocenters. The first-order chi connectivity index (χ1) is 19.2. The fourth-order valence-electron chi connectivity index (χ4n) is 7.41. The standard InChI is InChI=1S/C32H44BrN5O2Si/c1-7-20-12-24(40-41(5,6)31(2,3)4)8-9-26(20)36-30(34)25-17-35-38-18-23(33)13-27(38)29(25)37-28-21-10-19-11-22(28)16-32(39,14-19)15-21/h8-9,12-13,17-19,21-22,28,37,39H,7,10-11,14-16H2,1-6H3,(H2,34,36). The van der Waals surface area contributed by atoms with Gasteiger partial charge in [0.1, 0.15) is 11.6 Å². The lowest BCUT2D eigenvalue weighted by Crippen LogP contribution is -2.59. The number of hydrogen-bond acceptors (Lipinski definition) is 5. The largest absolute Gasteiger partial charge is 0.543 e. The molecule has 4 N–H and O–H groups in total. The van der Waals surface area contributed by atoms with E-state index in [1.165, 1.54) is 12.8 Å². The van der Waals surface area contributed by atoms with Crippen molar-refractivity contribution < 1.29 is 9.53 Å². The van der Waals surface area contributed by atoms with Gasteiger partial charge in [0.2, 0.25) is 8.32 Å². The van der Waals surface area contributed by atoms with Gasteiger partial charge in [0.25, 0.3) is 0 Å². The molecule has 3 aromatic rings. The number of aryl methyl sites for hydroxylation is 1. The zero-order chi connectivity index (χ0) is 29.3. The summed E-state index contributed by atoms with van der Waals surface area (Å²) >= 11 is 3.63. The number of hydrogen-bond donors (Lipinski definition) is 3. The number of benzene rings is 1. The number of halogens is 1. The minimum absolute atomic E-state index is 0.124. The highest BCUT2D eigenvalue weighted by Gasteiger charge is 2.54. The summed E-state index contributed by atoms with van der Waals surface area (Å²) in [6.07, 6.45) is 9.72. The first-order valence-corrected chi connectivity index (χ1v) is 18.8. The quantitative estimate of drug-likeness (QED) is 0.142. The first kappa shape index (κ1) is 28.7. The fourth-order valence-corrected chi connectivity index (χ4v) is 8.84. The number of aliphatic imine (C=N–C) groups is 1. The Kier molecular flexibility index (Phi) is 7.10. The van der Waals surface area contributed by atoms with E-state index in [0.717, 1.165) is 63.9 Å². The third-order valence-corrected chi connectivity index (χ3v) is 15.1. The first-order valence-electron chi connectivity index (χ1n) is 15.1. The van der Waals surface area contributed by atoms with E-state index in [4.69, 9.17) is 15.2 Å². The number of nitrogens with two attached hydrogens (primary N) is 1. The third kappa shape index (κ3) is 5.34. The molecule has 4 fully saturated rings. The van der Waals surface area contributed by atoms with Gasteiger partial charge in [-0.05, 0) is 120 Å². The smallest absolute Gasteiger partial charge is 0.250 e. The van der Waals surface area contributed by atoms with Crippen LogP contribution in [0.1, 0.15) is 70.9 Å². The summed E-state index contributed by atoms with van der Waals surface area (Å²) < 4.78 is 9.43. The maximum absolute atomic E-state index is 11.1. The molecule has 4 aliphatic rings. The minimum Gasteiger partial charge on any atom is -0.543 e. The van der Waals surface area contributed by atoms with Crippen LogP contribution in [0.5, 0.6) is 5.75 Å². The van der Waals surface area contributed by atoms with Crippen molar-refractivity contribution >= 4 is 47.0 Å². The van der Waals surface area contributed by atoms with E-state index in [0.29, 0.717) is 29.6 Å². The van der Waals surface area contributed by atoms with E-state index in [1.807, 2.05) is 29.0 Å². The molecule has 4 saturated carbocycles. The molecule has 0 aliphatic heterocycles. The van der Waals surface area contributed by atoms with Crippen LogP contribution in [0.25, 0.3) is 5.52 Å². The highest BCUT2D eigenvalue weighted by atomic mass is 79.9. The number of amidine groups is 1. The van der Waals surface area contributed by atoms with Gasteiger partial charge in [0.15, 0.2) is 0 Å². The van der Waals surface area contributed by atoms with Gasteiger partial charge >= 0.3 is 0 Å². The lowest BCUT2D eigenvalue weighted by atomic mass is 9.52. The van der Waals surface area contributed by atoms with Crippen LogP contribution in [0.15, 0.2) is 46.1 Å². The van der Waals surface area contributed by atoms with Gasteiger partial charge < -0.3 is 20.6 Å². The predicted octanol–water partition coefficient (Wildman–Crippen LogP) is 7.43. The summed E-state index contributed by atoms with van der Waals surface area (Å²) in [6, 6.07) is 8.56. The number of anilines is 1. The van der Waals surface area contributed by atoms with Crippen LogP contribution < -0.4 is 15.5 Å². The van der Waals surface area contributed by atoms with Crippen molar-refractivity contribution in [1.82, 2.24) is 9.61 Å². The topological polar surface area (TPSA) is 97.2 Å². The summed E-state index contributed by atoms with van der Waals surface area (Å²) in [5.41, 5.74) is 11.0. The van der Waals surface area contributed by atoms with Crippen molar-refractivity contribution in [2.24, 2.45) is 28.5 Å². The predicted molar refractivity (Wildman–Crippen MR) is 173 cm³/mol. The zero-order valence-corrected chi connectivity index (χ0v) is 27.8. The normalized spacial score (nSPS) is 28.0. The molecule has 220 valence electrons. The molecule has 0 spiro atoms.